The van der Waals surface area contributed by atoms with Crippen molar-refractivity contribution in [2.24, 2.45) is 5.92 Å². The summed E-state index contributed by atoms with van der Waals surface area (Å²) in [5.41, 5.74) is 1.72. The Labute approximate surface area is 109 Å². The third kappa shape index (κ3) is 3.86. The first-order valence-corrected chi connectivity index (χ1v) is 6.09. The monoisotopic (exact) mass is 256 g/mol. The lowest BCUT2D eigenvalue weighted by molar-refractivity contribution is 0.457. The van der Waals surface area contributed by atoms with Gasteiger partial charge in [-0.1, -0.05) is 13.3 Å². The van der Waals surface area contributed by atoms with Crippen LogP contribution < -0.4 is 5.32 Å². The zero-order chi connectivity index (χ0) is 11.5. The van der Waals surface area contributed by atoms with Gasteiger partial charge >= 0.3 is 0 Å². The number of aromatic nitrogens is 1. The molecule has 1 heterocycles. The largest absolute Gasteiger partial charge is 0.506 e. The van der Waals surface area contributed by atoms with E-state index in [0.29, 0.717) is 18.3 Å². The Morgan fingerprint density at radius 1 is 1.47 bits per heavy atom. The Kier molecular flexibility index (Phi) is 5.22. The van der Waals surface area contributed by atoms with E-state index in [-0.39, 0.29) is 12.4 Å². The predicted octanol–water partition coefficient (Wildman–Crippen LogP) is 2.80. The van der Waals surface area contributed by atoms with E-state index in [4.69, 9.17) is 0 Å². The molecule has 1 aliphatic rings. The van der Waals surface area contributed by atoms with Crippen molar-refractivity contribution in [1.29, 1.82) is 0 Å². The molecule has 1 aliphatic carbocycles. The van der Waals surface area contributed by atoms with Crippen LogP contribution >= 0.6 is 12.4 Å². The van der Waals surface area contributed by atoms with Gasteiger partial charge in [-0.05, 0) is 37.8 Å². The molecule has 0 saturated heterocycles. The Morgan fingerprint density at radius 3 is 2.94 bits per heavy atom. The molecule has 1 aromatic heterocycles. The van der Waals surface area contributed by atoms with Gasteiger partial charge in [0.2, 0.25) is 0 Å². The number of nitrogens with zero attached hydrogens (tertiary/aromatic N) is 1. The molecule has 3 nitrogen and oxygen atoms in total. The van der Waals surface area contributed by atoms with Crippen molar-refractivity contribution in [3.8, 4) is 5.75 Å². The Morgan fingerprint density at radius 2 is 2.24 bits per heavy atom. The number of rotatable bonds is 5. The molecule has 0 bridgehead atoms. The summed E-state index contributed by atoms with van der Waals surface area (Å²) in [5.74, 6) is 1.14. The number of aryl methyl sites for hydroxylation is 1. The van der Waals surface area contributed by atoms with Crippen LogP contribution in [0, 0.1) is 12.8 Å². The maximum atomic E-state index is 9.64. The number of halogens is 1. The van der Waals surface area contributed by atoms with E-state index in [0.717, 1.165) is 17.3 Å². The highest BCUT2D eigenvalue weighted by Crippen LogP contribution is 2.34. The van der Waals surface area contributed by atoms with Crippen LogP contribution in [0.2, 0.25) is 0 Å². The van der Waals surface area contributed by atoms with Gasteiger partial charge in [0.15, 0.2) is 0 Å². The van der Waals surface area contributed by atoms with Gasteiger partial charge in [-0.25, -0.2) is 0 Å². The van der Waals surface area contributed by atoms with Crippen LogP contribution in [0.5, 0.6) is 5.75 Å². The van der Waals surface area contributed by atoms with E-state index in [1.807, 2.05) is 13.0 Å². The Balaban J connectivity index is 0.00000144. The molecule has 1 saturated carbocycles. The number of nitrogens with one attached hydrogen (secondary N) is 1. The molecular weight excluding hydrogens is 236 g/mol. The molecule has 1 aromatic rings. The van der Waals surface area contributed by atoms with E-state index in [1.165, 1.54) is 19.3 Å². The molecule has 0 aliphatic heterocycles. The normalized spacial score (nSPS) is 22.0. The lowest BCUT2D eigenvalue weighted by Gasteiger charge is -2.06. The summed E-state index contributed by atoms with van der Waals surface area (Å²) >= 11 is 0. The van der Waals surface area contributed by atoms with Gasteiger partial charge in [0, 0.05) is 18.3 Å². The lowest BCUT2D eigenvalue weighted by atomic mass is 10.2. The molecule has 4 heteroatoms. The van der Waals surface area contributed by atoms with E-state index in [9.17, 15) is 5.11 Å². The first-order valence-electron chi connectivity index (χ1n) is 6.09. The molecule has 0 radical (unpaired) electrons. The highest BCUT2D eigenvalue weighted by Gasteiger charge is 2.35. The predicted molar refractivity (Wildman–Crippen MR) is 71.5 cm³/mol. The molecule has 2 N–H and O–H groups in total. The third-order valence-corrected chi connectivity index (χ3v) is 3.20. The van der Waals surface area contributed by atoms with E-state index in [1.54, 1.807) is 6.07 Å². The first-order chi connectivity index (χ1) is 7.70. The van der Waals surface area contributed by atoms with Gasteiger partial charge in [0.1, 0.15) is 5.75 Å². The summed E-state index contributed by atoms with van der Waals surface area (Å²) < 4.78 is 0. The van der Waals surface area contributed by atoms with Crippen LogP contribution in [0.25, 0.3) is 0 Å². The molecular formula is C13H21ClN2O. The molecule has 96 valence electrons. The van der Waals surface area contributed by atoms with Crippen molar-refractivity contribution >= 4 is 12.4 Å². The summed E-state index contributed by atoms with van der Waals surface area (Å²) in [5, 5.41) is 13.1. The van der Waals surface area contributed by atoms with Crippen LogP contribution in [0.15, 0.2) is 12.1 Å². The number of pyridine rings is 1. The summed E-state index contributed by atoms with van der Waals surface area (Å²) in [6.45, 7) is 4.85. The van der Waals surface area contributed by atoms with Gasteiger partial charge in [-0.3, -0.25) is 4.98 Å². The third-order valence-electron chi connectivity index (χ3n) is 3.20. The lowest BCUT2D eigenvalue weighted by Crippen LogP contribution is -2.18. The minimum atomic E-state index is 0. The molecule has 0 spiro atoms. The zero-order valence-electron chi connectivity index (χ0n) is 10.4. The average Bonchev–Trinajstić information content (AvgIpc) is 2.99. The second-order valence-electron chi connectivity index (χ2n) is 4.69. The van der Waals surface area contributed by atoms with Crippen molar-refractivity contribution in [2.75, 3.05) is 0 Å². The summed E-state index contributed by atoms with van der Waals surface area (Å²) in [6, 6.07) is 4.19. The van der Waals surface area contributed by atoms with Crippen molar-refractivity contribution in [1.82, 2.24) is 10.3 Å². The number of hydrogen-bond donors (Lipinski definition) is 2. The van der Waals surface area contributed by atoms with Crippen molar-refractivity contribution < 1.29 is 5.11 Å². The molecule has 2 unspecified atom stereocenters. The Bertz CT molecular complexity index is 370. The highest BCUT2D eigenvalue weighted by molar-refractivity contribution is 5.85. The smallest absolute Gasteiger partial charge is 0.138 e. The Hall–Kier alpha value is -0.800. The number of aromatic hydroxyl groups is 1. The van der Waals surface area contributed by atoms with E-state index < -0.39 is 0 Å². The summed E-state index contributed by atoms with van der Waals surface area (Å²) in [6.07, 6.45) is 3.85. The standard InChI is InChI=1S/C13H20N2O.ClH/c1-3-4-10-7-11(10)14-8-12-13(16)6-5-9(2)15-12;/h5-6,10-11,14,16H,3-4,7-8H2,1-2H3;1H. The second kappa shape index (κ2) is 6.22. The minimum absolute atomic E-state index is 0. The highest BCUT2D eigenvalue weighted by atomic mass is 35.5. The van der Waals surface area contributed by atoms with Gasteiger partial charge in [-0.2, -0.15) is 0 Å². The van der Waals surface area contributed by atoms with Gasteiger partial charge < -0.3 is 10.4 Å². The van der Waals surface area contributed by atoms with Crippen molar-refractivity contribution in [3.63, 3.8) is 0 Å². The van der Waals surface area contributed by atoms with Crippen LogP contribution in [-0.4, -0.2) is 16.1 Å². The molecule has 17 heavy (non-hydrogen) atoms. The van der Waals surface area contributed by atoms with E-state index in [2.05, 4.69) is 17.2 Å². The van der Waals surface area contributed by atoms with Gasteiger partial charge in [0.05, 0.1) is 5.69 Å². The van der Waals surface area contributed by atoms with E-state index >= 15 is 0 Å². The maximum Gasteiger partial charge on any atom is 0.138 e. The molecule has 2 atom stereocenters. The maximum absolute atomic E-state index is 9.64. The van der Waals surface area contributed by atoms with Crippen molar-refractivity contribution in [3.05, 3.63) is 23.5 Å². The fourth-order valence-corrected chi connectivity index (χ4v) is 2.15. The quantitative estimate of drug-likeness (QED) is 0.852. The number of hydrogen-bond acceptors (Lipinski definition) is 3. The summed E-state index contributed by atoms with van der Waals surface area (Å²) in [7, 11) is 0. The topological polar surface area (TPSA) is 45.2 Å². The second-order valence-corrected chi connectivity index (χ2v) is 4.69. The van der Waals surface area contributed by atoms with Crippen LogP contribution in [0.3, 0.4) is 0 Å². The zero-order valence-corrected chi connectivity index (χ0v) is 11.3. The minimum Gasteiger partial charge on any atom is -0.506 e. The van der Waals surface area contributed by atoms with Crippen LogP contribution in [0.4, 0.5) is 0 Å². The fourth-order valence-electron chi connectivity index (χ4n) is 2.15. The SMILES string of the molecule is CCCC1CC1NCc1nc(C)ccc1O.Cl. The fraction of sp³-hybridized carbons (Fsp3) is 0.615. The van der Waals surface area contributed by atoms with Crippen molar-refractivity contribution in [2.45, 2.75) is 45.7 Å². The molecule has 0 amide bonds. The average molecular weight is 257 g/mol. The molecule has 2 rings (SSSR count). The van der Waals surface area contributed by atoms with Crippen LogP contribution in [0.1, 0.15) is 37.6 Å². The van der Waals surface area contributed by atoms with Gasteiger partial charge in [0.25, 0.3) is 0 Å². The summed E-state index contributed by atoms with van der Waals surface area (Å²) in [4.78, 5) is 4.33. The van der Waals surface area contributed by atoms with Gasteiger partial charge in [-0.15, -0.1) is 12.4 Å². The molecule has 0 aromatic carbocycles. The first kappa shape index (κ1) is 14.3. The molecule has 1 fully saturated rings. The van der Waals surface area contributed by atoms with Crippen LogP contribution in [-0.2, 0) is 6.54 Å².